The summed E-state index contributed by atoms with van der Waals surface area (Å²) in [7, 11) is 0. The van der Waals surface area contributed by atoms with E-state index in [1.54, 1.807) is 0 Å². The standard InChI is InChI=1S/C8H7BF4/c1-9(2)6-7(12)4(10)3-5(11)8(6)13/h3H,1-2H3. The van der Waals surface area contributed by atoms with Gasteiger partial charge in [-0.25, -0.2) is 17.6 Å². The molecule has 0 nitrogen and oxygen atoms in total. The summed E-state index contributed by atoms with van der Waals surface area (Å²) >= 11 is 0. The Morgan fingerprint density at radius 1 is 0.923 bits per heavy atom. The fourth-order valence-electron chi connectivity index (χ4n) is 1.10. The van der Waals surface area contributed by atoms with Crippen LogP contribution < -0.4 is 5.46 Å². The van der Waals surface area contributed by atoms with E-state index in [1.165, 1.54) is 13.6 Å². The minimum Gasteiger partial charge on any atom is -0.204 e. The predicted molar refractivity (Wildman–Crippen MR) is 43.4 cm³/mol. The molecule has 0 N–H and O–H groups in total. The van der Waals surface area contributed by atoms with E-state index < -0.39 is 35.4 Å². The molecule has 0 bridgehead atoms. The maximum Gasteiger partial charge on any atom is 0.177 e. The zero-order chi connectivity index (χ0) is 10.2. The lowest BCUT2D eigenvalue weighted by Gasteiger charge is -2.07. The monoisotopic (exact) mass is 190 g/mol. The van der Waals surface area contributed by atoms with Gasteiger partial charge in [-0.15, -0.1) is 0 Å². The highest BCUT2D eigenvalue weighted by Crippen LogP contribution is 2.11. The Morgan fingerprint density at radius 2 is 1.31 bits per heavy atom. The lowest BCUT2D eigenvalue weighted by Crippen LogP contribution is -2.32. The van der Waals surface area contributed by atoms with Crippen LogP contribution in [0.2, 0.25) is 13.6 Å². The third-order valence-electron chi connectivity index (χ3n) is 1.72. The van der Waals surface area contributed by atoms with Crippen molar-refractivity contribution in [2.75, 3.05) is 0 Å². The number of benzene rings is 1. The molecule has 0 heterocycles. The summed E-state index contributed by atoms with van der Waals surface area (Å²) in [5.74, 6) is -5.34. The second kappa shape index (κ2) is 3.40. The summed E-state index contributed by atoms with van der Waals surface area (Å²) in [5.41, 5.74) is -0.544. The SMILES string of the molecule is CB(C)c1c(F)c(F)cc(F)c1F. The van der Waals surface area contributed by atoms with Gasteiger partial charge < -0.3 is 0 Å². The van der Waals surface area contributed by atoms with Gasteiger partial charge in [0.25, 0.3) is 0 Å². The summed E-state index contributed by atoms with van der Waals surface area (Å²) in [6, 6.07) is 0.205. The van der Waals surface area contributed by atoms with Crippen LogP contribution in [0, 0.1) is 23.3 Å². The Labute approximate surface area is 73.6 Å². The second-order valence-corrected chi connectivity index (χ2v) is 3.04. The molecular formula is C8H7BF4. The van der Waals surface area contributed by atoms with Gasteiger partial charge in [0.1, 0.15) is 0 Å². The number of hydrogen-bond donors (Lipinski definition) is 0. The molecule has 0 aliphatic rings. The lowest BCUT2D eigenvalue weighted by molar-refractivity contribution is 0.463. The van der Waals surface area contributed by atoms with Crippen LogP contribution in [0.3, 0.4) is 0 Å². The zero-order valence-corrected chi connectivity index (χ0v) is 7.17. The van der Waals surface area contributed by atoms with Crippen molar-refractivity contribution >= 4 is 12.2 Å². The smallest absolute Gasteiger partial charge is 0.177 e. The number of hydrogen-bond acceptors (Lipinski definition) is 0. The van der Waals surface area contributed by atoms with Crippen molar-refractivity contribution in [1.29, 1.82) is 0 Å². The van der Waals surface area contributed by atoms with Crippen molar-refractivity contribution in [2.45, 2.75) is 13.6 Å². The summed E-state index contributed by atoms with van der Waals surface area (Å²) in [6.45, 7) is 2.32. The molecule has 0 amide bonds. The van der Waals surface area contributed by atoms with Crippen molar-refractivity contribution in [3.63, 3.8) is 0 Å². The van der Waals surface area contributed by atoms with E-state index in [4.69, 9.17) is 0 Å². The van der Waals surface area contributed by atoms with Crippen LogP contribution in [0.4, 0.5) is 17.6 Å². The van der Waals surface area contributed by atoms with Crippen LogP contribution in [0.25, 0.3) is 0 Å². The molecule has 0 unspecified atom stereocenters. The number of rotatable bonds is 1. The second-order valence-electron chi connectivity index (χ2n) is 3.04. The van der Waals surface area contributed by atoms with Gasteiger partial charge in [0.05, 0.1) is 0 Å². The van der Waals surface area contributed by atoms with Crippen molar-refractivity contribution in [3.05, 3.63) is 29.3 Å². The molecule has 1 aromatic carbocycles. The van der Waals surface area contributed by atoms with E-state index in [0.717, 1.165) is 0 Å². The fraction of sp³-hybridized carbons (Fsp3) is 0.250. The molecule has 0 atom stereocenters. The van der Waals surface area contributed by atoms with Gasteiger partial charge in [-0.05, 0) is 5.46 Å². The van der Waals surface area contributed by atoms with Crippen LogP contribution in [0.1, 0.15) is 0 Å². The molecule has 0 aliphatic carbocycles. The van der Waals surface area contributed by atoms with E-state index in [9.17, 15) is 17.6 Å². The zero-order valence-electron chi connectivity index (χ0n) is 7.17. The molecule has 0 saturated heterocycles. The molecular weight excluding hydrogens is 183 g/mol. The molecule has 5 heteroatoms. The van der Waals surface area contributed by atoms with Gasteiger partial charge in [0.15, 0.2) is 30.0 Å². The molecule has 1 aromatic rings. The minimum atomic E-state index is -1.36. The van der Waals surface area contributed by atoms with Crippen molar-refractivity contribution in [1.82, 2.24) is 0 Å². The summed E-state index contributed by atoms with van der Waals surface area (Å²) in [5, 5.41) is 0. The molecule has 0 saturated carbocycles. The van der Waals surface area contributed by atoms with Gasteiger partial charge in [0.2, 0.25) is 0 Å². The molecule has 1 rings (SSSR count). The highest BCUT2D eigenvalue weighted by molar-refractivity contribution is 6.70. The Morgan fingerprint density at radius 3 is 1.62 bits per heavy atom. The highest BCUT2D eigenvalue weighted by atomic mass is 19.2. The third kappa shape index (κ3) is 1.69. The molecule has 0 aliphatic heterocycles. The number of halogens is 4. The van der Waals surface area contributed by atoms with Crippen molar-refractivity contribution < 1.29 is 17.6 Å². The molecule has 13 heavy (non-hydrogen) atoms. The van der Waals surface area contributed by atoms with Crippen LogP contribution in [0.15, 0.2) is 6.07 Å². The molecule has 0 radical (unpaired) electrons. The molecule has 0 spiro atoms. The first-order valence-electron chi connectivity index (χ1n) is 3.78. The van der Waals surface area contributed by atoms with Gasteiger partial charge in [-0.3, -0.25) is 0 Å². The first kappa shape index (κ1) is 10.1. The average molecular weight is 190 g/mol. The molecule has 0 fully saturated rings. The predicted octanol–water partition coefficient (Wildman–Crippen LogP) is 2.20. The quantitative estimate of drug-likeness (QED) is 0.361. The minimum absolute atomic E-state index is 0.205. The average Bonchev–Trinajstić information content (AvgIpc) is 2.01. The maximum absolute atomic E-state index is 12.9. The molecule has 0 aromatic heterocycles. The van der Waals surface area contributed by atoms with Crippen molar-refractivity contribution in [2.24, 2.45) is 0 Å². The normalized spacial score (nSPS) is 10.3. The Hall–Kier alpha value is -0.995. The maximum atomic E-state index is 12.9. The Balaban J connectivity index is 3.46. The van der Waals surface area contributed by atoms with Crippen LogP contribution in [-0.4, -0.2) is 6.71 Å². The van der Waals surface area contributed by atoms with Gasteiger partial charge in [-0.2, -0.15) is 0 Å². The van der Waals surface area contributed by atoms with Crippen LogP contribution in [0.5, 0.6) is 0 Å². The summed E-state index contributed by atoms with van der Waals surface area (Å²) in [6.07, 6.45) is 0. The van der Waals surface area contributed by atoms with Gasteiger partial charge >= 0.3 is 0 Å². The van der Waals surface area contributed by atoms with E-state index in [-0.39, 0.29) is 6.07 Å². The van der Waals surface area contributed by atoms with Gasteiger partial charge in [0, 0.05) is 6.07 Å². The van der Waals surface area contributed by atoms with E-state index in [0.29, 0.717) is 0 Å². The molecule has 70 valence electrons. The fourth-order valence-corrected chi connectivity index (χ4v) is 1.10. The van der Waals surface area contributed by atoms with E-state index in [2.05, 4.69) is 0 Å². The Bertz CT molecular complexity index is 309. The first-order chi connectivity index (χ1) is 5.95. The third-order valence-corrected chi connectivity index (χ3v) is 1.72. The summed E-state index contributed by atoms with van der Waals surface area (Å²) < 4.78 is 51.0. The van der Waals surface area contributed by atoms with Crippen LogP contribution >= 0.6 is 0 Å². The van der Waals surface area contributed by atoms with Crippen LogP contribution in [-0.2, 0) is 0 Å². The first-order valence-corrected chi connectivity index (χ1v) is 3.78. The van der Waals surface area contributed by atoms with Crippen molar-refractivity contribution in [3.8, 4) is 0 Å². The topological polar surface area (TPSA) is 0 Å². The summed E-state index contributed by atoms with van der Waals surface area (Å²) in [4.78, 5) is 0. The highest BCUT2D eigenvalue weighted by Gasteiger charge is 2.22. The van der Waals surface area contributed by atoms with E-state index in [1.807, 2.05) is 0 Å². The largest absolute Gasteiger partial charge is 0.204 e. The lowest BCUT2D eigenvalue weighted by atomic mass is 9.49. The van der Waals surface area contributed by atoms with E-state index >= 15 is 0 Å². The van der Waals surface area contributed by atoms with Gasteiger partial charge in [-0.1, -0.05) is 13.6 Å². The Kier molecular flexibility index (Phi) is 2.64.